The quantitative estimate of drug-likeness (QED) is 0.404. The molecule has 180 valence electrons. The van der Waals surface area contributed by atoms with Gasteiger partial charge in [0.15, 0.2) is 0 Å². The van der Waals surface area contributed by atoms with Crippen molar-refractivity contribution in [3.8, 4) is 0 Å². The highest BCUT2D eigenvalue weighted by molar-refractivity contribution is 7.92. The molecule has 0 aromatic heterocycles. The fourth-order valence-electron chi connectivity index (χ4n) is 3.53. The largest absolute Gasteiger partial charge is 0.346 e. The molecule has 2 N–H and O–H groups in total. The van der Waals surface area contributed by atoms with E-state index in [-0.39, 0.29) is 32.8 Å². The molecule has 0 unspecified atom stereocenters. The lowest BCUT2D eigenvalue weighted by Gasteiger charge is -2.21. The molecule has 7 heteroatoms. The van der Waals surface area contributed by atoms with E-state index in [9.17, 15) is 13.2 Å². The van der Waals surface area contributed by atoms with E-state index in [0.717, 1.165) is 16.7 Å². The lowest BCUT2D eigenvalue weighted by atomic mass is 9.86. The Morgan fingerprint density at radius 1 is 0.941 bits per heavy atom. The van der Waals surface area contributed by atoms with E-state index >= 15 is 0 Å². The van der Waals surface area contributed by atoms with Gasteiger partial charge in [-0.05, 0) is 72.7 Å². The maximum absolute atomic E-state index is 13.1. The predicted octanol–water partition coefficient (Wildman–Crippen LogP) is 6.55. The maximum atomic E-state index is 13.1. The van der Waals surface area contributed by atoms with E-state index in [1.54, 1.807) is 6.07 Å². The van der Waals surface area contributed by atoms with Crippen molar-refractivity contribution >= 4 is 33.2 Å². The highest BCUT2D eigenvalue weighted by atomic mass is 35.5. The molecule has 0 saturated carbocycles. The average Bonchev–Trinajstić information content (AvgIpc) is 2.75. The predicted molar refractivity (Wildman–Crippen MR) is 139 cm³/mol. The number of hydrogen-bond acceptors (Lipinski definition) is 3. The van der Waals surface area contributed by atoms with Crippen LogP contribution in [0.25, 0.3) is 0 Å². The van der Waals surface area contributed by atoms with Crippen LogP contribution in [0.4, 0.5) is 5.69 Å². The smallest absolute Gasteiger partial charge is 0.263 e. The summed E-state index contributed by atoms with van der Waals surface area (Å²) < 4.78 is 28.8. The number of carbonyl (C=O) groups excluding carboxylic acids is 1. The number of nitrogens with one attached hydrogen (secondary N) is 2. The number of hydrogen-bond donors (Lipinski definition) is 2. The number of halogens is 1. The normalized spacial score (nSPS) is 12.8. The Labute approximate surface area is 207 Å². The second-order valence-electron chi connectivity index (χ2n) is 9.64. The van der Waals surface area contributed by atoms with Crippen molar-refractivity contribution in [2.45, 2.75) is 57.9 Å². The van der Waals surface area contributed by atoms with E-state index in [1.165, 1.54) is 23.8 Å². The van der Waals surface area contributed by atoms with Crippen LogP contribution < -0.4 is 10.0 Å². The van der Waals surface area contributed by atoms with Crippen LogP contribution in [0.5, 0.6) is 0 Å². The number of amides is 1. The summed E-state index contributed by atoms with van der Waals surface area (Å²) in [5, 5.41) is 2.98. The molecule has 0 heterocycles. The SMILES string of the molecule is Cc1ccc(C)c(NS(=O)(=O)c2cc(C(=O)N[C@H](C)c3ccc(C(C)(C)C)cc3)ccc2Cl)c1. The minimum absolute atomic E-state index is 0.0418. The summed E-state index contributed by atoms with van der Waals surface area (Å²) in [6.07, 6.45) is 0. The van der Waals surface area contributed by atoms with Crippen LogP contribution >= 0.6 is 11.6 Å². The standard InChI is InChI=1S/C27H31ClN2O3S/c1-17-7-8-18(2)24(15-17)30-34(32,33)25-16-21(11-14-23(25)28)26(31)29-19(3)20-9-12-22(13-10-20)27(4,5)6/h7-16,19,30H,1-6H3,(H,29,31)/t19-/m1/s1. The Bertz CT molecular complexity index is 1310. The average molecular weight is 499 g/mol. The summed E-state index contributed by atoms with van der Waals surface area (Å²) in [5.74, 6) is -0.382. The molecule has 0 bridgehead atoms. The fourth-order valence-corrected chi connectivity index (χ4v) is 5.18. The first kappa shape index (κ1) is 25.8. The number of aryl methyl sites for hydroxylation is 2. The summed E-state index contributed by atoms with van der Waals surface area (Å²) in [6, 6.07) is 17.6. The number of anilines is 1. The van der Waals surface area contributed by atoms with Crippen LogP contribution in [0.15, 0.2) is 65.6 Å². The summed E-state index contributed by atoms with van der Waals surface area (Å²) in [4.78, 5) is 12.8. The molecule has 0 saturated heterocycles. The Hall–Kier alpha value is -2.83. The first-order valence-electron chi connectivity index (χ1n) is 11.1. The molecule has 0 radical (unpaired) electrons. The van der Waals surface area contributed by atoms with Crippen LogP contribution in [0, 0.1) is 13.8 Å². The third kappa shape index (κ3) is 5.99. The zero-order chi connectivity index (χ0) is 25.3. The zero-order valence-electron chi connectivity index (χ0n) is 20.4. The summed E-state index contributed by atoms with van der Waals surface area (Å²) in [5.41, 5.74) is 4.60. The van der Waals surface area contributed by atoms with Gasteiger partial charge in [-0.15, -0.1) is 0 Å². The minimum atomic E-state index is -4.00. The molecule has 3 aromatic rings. The summed E-state index contributed by atoms with van der Waals surface area (Å²) in [6.45, 7) is 12.0. The Morgan fingerprint density at radius 3 is 2.21 bits per heavy atom. The minimum Gasteiger partial charge on any atom is -0.346 e. The van der Waals surface area contributed by atoms with Crippen LogP contribution in [-0.4, -0.2) is 14.3 Å². The monoisotopic (exact) mass is 498 g/mol. The summed E-state index contributed by atoms with van der Waals surface area (Å²) in [7, 11) is -4.00. The maximum Gasteiger partial charge on any atom is 0.263 e. The molecule has 5 nitrogen and oxygen atoms in total. The van der Waals surface area contributed by atoms with Gasteiger partial charge < -0.3 is 5.32 Å². The lowest BCUT2D eigenvalue weighted by molar-refractivity contribution is 0.0939. The lowest BCUT2D eigenvalue weighted by Crippen LogP contribution is -2.27. The van der Waals surface area contributed by atoms with Gasteiger partial charge in [-0.1, -0.05) is 68.8 Å². The van der Waals surface area contributed by atoms with E-state index < -0.39 is 10.0 Å². The van der Waals surface area contributed by atoms with Crippen molar-refractivity contribution < 1.29 is 13.2 Å². The Kier molecular flexibility index (Phi) is 7.44. The van der Waals surface area contributed by atoms with Crippen molar-refractivity contribution in [2.75, 3.05) is 4.72 Å². The molecule has 0 aliphatic rings. The fraction of sp³-hybridized carbons (Fsp3) is 0.296. The van der Waals surface area contributed by atoms with Crippen molar-refractivity contribution in [1.29, 1.82) is 0 Å². The summed E-state index contributed by atoms with van der Waals surface area (Å²) >= 11 is 6.23. The topological polar surface area (TPSA) is 75.3 Å². The van der Waals surface area contributed by atoms with Gasteiger partial charge in [-0.25, -0.2) is 8.42 Å². The number of carbonyl (C=O) groups is 1. The molecule has 1 amide bonds. The molecule has 0 aliphatic heterocycles. The first-order chi connectivity index (χ1) is 15.8. The molecule has 3 aromatic carbocycles. The third-order valence-corrected chi connectivity index (χ3v) is 7.59. The van der Waals surface area contributed by atoms with Gasteiger partial charge in [-0.3, -0.25) is 9.52 Å². The van der Waals surface area contributed by atoms with Gasteiger partial charge in [-0.2, -0.15) is 0 Å². The van der Waals surface area contributed by atoms with Gasteiger partial charge in [0, 0.05) is 5.56 Å². The van der Waals surface area contributed by atoms with Crippen molar-refractivity contribution in [3.05, 3.63) is 93.5 Å². The second-order valence-corrected chi connectivity index (χ2v) is 11.7. The Morgan fingerprint density at radius 2 is 1.59 bits per heavy atom. The van der Waals surface area contributed by atoms with Crippen LogP contribution in [0.3, 0.4) is 0 Å². The zero-order valence-corrected chi connectivity index (χ0v) is 21.9. The molecular weight excluding hydrogens is 468 g/mol. The second kappa shape index (κ2) is 9.80. The van der Waals surface area contributed by atoms with Crippen molar-refractivity contribution in [2.24, 2.45) is 0 Å². The number of benzene rings is 3. The molecular formula is C27H31ClN2O3S. The molecule has 0 fully saturated rings. The van der Waals surface area contributed by atoms with Crippen LogP contribution in [0.2, 0.25) is 5.02 Å². The molecule has 3 rings (SSSR count). The van der Waals surface area contributed by atoms with E-state index in [1.807, 2.05) is 45.0 Å². The number of rotatable bonds is 6. The van der Waals surface area contributed by atoms with Gasteiger partial charge in [0.2, 0.25) is 0 Å². The third-order valence-electron chi connectivity index (χ3n) is 5.74. The van der Waals surface area contributed by atoms with Crippen molar-refractivity contribution in [3.63, 3.8) is 0 Å². The van der Waals surface area contributed by atoms with Crippen LogP contribution in [0.1, 0.15) is 66.3 Å². The van der Waals surface area contributed by atoms with E-state index in [0.29, 0.717) is 5.69 Å². The highest BCUT2D eigenvalue weighted by Crippen LogP contribution is 2.28. The first-order valence-corrected chi connectivity index (χ1v) is 12.9. The molecule has 34 heavy (non-hydrogen) atoms. The van der Waals surface area contributed by atoms with Crippen molar-refractivity contribution in [1.82, 2.24) is 5.32 Å². The van der Waals surface area contributed by atoms with E-state index in [4.69, 9.17) is 11.6 Å². The van der Waals surface area contributed by atoms with Crippen LogP contribution in [-0.2, 0) is 15.4 Å². The molecule has 0 aliphatic carbocycles. The van der Waals surface area contributed by atoms with Gasteiger partial charge in [0.25, 0.3) is 15.9 Å². The van der Waals surface area contributed by atoms with Gasteiger partial charge in [0.05, 0.1) is 16.8 Å². The molecule has 1 atom stereocenters. The van der Waals surface area contributed by atoms with Gasteiger partial charge in [0.1, 0.15) is 4.90 Å². The van der Waals surface area contributed by atoms with E-state index in [2.05, 4.69) is 42.9 Å². The van der Waals surface area contributed by atoms with Gasteiger partial charge >= 0.3 is 0 Å². The highest BCUT2D eigenvalue weighted by Gasteiger charge is 2.22. The molecule has 0 spiro atoms. The number of sulfonamides is 1. The Balaban J connectivity index is 1.82.